The lowest BCUT2D eigenvalue weighted by Gasteiger charge is -2.33. The zero-order valence-corrected chi connectivity index (χ0v) is 18.5. The third-order valence-electron chi connectivity index (χ3n) is 5.40. The molecule has 2 atom stereocenters. The standard InChI is InChI=1S/C24H20BBrO2S/c1-15-17-7-3-5-9-19(17)24(25,14-29-22-12-11-16(27)13-21(22)26)20-10-6-4-8-18(20)23(15)28-2/h3-13,23,27H,1,14H2,2H3. The van der Waals surface area contributed by atoms with Crippen molar-refractivity contribution in [2.75, 3.05) is 12.9 Å². The Kier molecular flexibility index (Phi) is 5.65. The van der Waals surface area contributed by atoms with E-state index in [1.165, 1.54) is 0 Å². The maximum Gasteiger partial charge on any atom is 0.116 e. The van der Waals surface area contributed by atoms with Gasteiger partial charge in [-0.2, -0.15) is 0 Å². The Bertz CT molecular complexity index is 1080. The van der Waals surface area contributed by atoms with Gasteiger partial charge in [-0.25, -0.2) is 0 Å². The predicted molar refractivity (Wildman–Crippen MR) is 125 cm³/mol. The normalized spacial score (nSPS) is 20.6. The summed E-state index contributed by atoms with van der Waals surface area (Å²) < 4.78 is 6.71. The molecule has 0 saturated carbocycles. The van der Waals surface area contributed by atoms with E-state index in [1.807, 2.05) is 30.3 Å². The lowest BCUT2D eigenvalue weighted by Crippen LogP contribution is -2.32. The molecule has 3 aromatic rings. The number of methoxy groups -OCH3 is 1. The Morgan fingerprint density at radius 1 is 1.10 bits per heavy atom. The Hall–Kier alpha value is -1.95. The summed E-state index contributed by atoms with van der Waals surface area (Å²) in [6, 6.07) is 21.7. The number of aromatic hydroxyl groups is 1. The highest BCUT2D eigenvalue weighted by atomic mass is 79.9. The quantitative estimate of drug-likeness (QED) is 0.376. The van der Waals surface area contributed by atoms with Crippen molar-refractivity contribution in [1.29, 1.82) is 0 Å². The van der Waals surface area contributed by atoms with Gasteiger partial charge in [0.1, 0.15) is 11.9 Å². The lowest BCUT2D eigenvalue weighted by atomic mass is 9.60. The molecule has 5 heteroatoms. The van der Waals surface area contributed by atoms with Crippen LogP contribution >= 0.6 is 27.7 Å². The minimum atomic E-state index is -0.731. The number of phenols is 1. The number of hydrogen-bond acceptors (Lipinski definition) is 3. The average Bonchev–Trinajstić information content (AvgIpc) is 2.80. The Labute approximate surface area is 185 Å². The van der Waals surface area contributed by atoms with Crippen molar-refractivity contribution in [3.63, 3.8) is 0 Å². The molecule has 144 valence electrons. The van der Waals surface area contributed by atoms with Gasteiger partial charge >= 0.3 is 0 Å². The Morgan fingerprint density at radius 3 is 2.52 bits per heavy atom. The number of hydrogen-bond donors (Lipinski definition) is 1. The van der Waals surface area contributed by atoms with Crippen molar-refractivity contribution in [3.05, 3.63) is 100 Å². The molecule has 1 N–H and O–H groups in total. The maximum atomic E-state index is 9.70. The van der Waals surface area contributed by atoms with E-state index >= 15 is 0 Å². The number of benzene rings is 3. The van der Waals surface area contributed by atoms with Crippen LogP contribution in [0.2, 0.25) is 0 Å². The first-order chi connectivity index (χ1) is 14.0. The predicted octanol–water partition coefficient (Wildman–Crippen LogP) is 6.07. The fourth-order valence-corrected chi connectivity index (χ4v) is 5.75. The summed E-state index contributed by atoms with van der Waals surface area (Å²) in [5.41, 5.74) is 5.07. The monoisotopic (exact) mass is 462 g/mol. The summed E-state index contributed by atoms with van der Waals surface area (Å²) in [6.45, 7) is 4.35. The molecule has 0 aliphatic heterocycles. The van der Waals surface area contributed by atoms with Gasteiger partial charge in [0.05, 0.1) is 7.85 Å². The van der Waals surface area contributed by atoms with E-state index in [9.17, 15) is 5.11 Å². The number of thioether (sulfide) groups is 1. The smallest absolute Gasteiger partial charge is 0.116 e. The first-order valence-electron chi connectivity index (χ1n) is 9.27. The topological polar surface area (TPSA) is 29.5 Å². The number of rotatable bonds is 4. The van der Waals surface area contributed by atoms with E-state index in [0.717, 1.165) is 37.2 Å². The molecule has 0 heterocycles. The second kappa shape index (κ2) is 8.06. The largest absolute Gasteiger partial charge is 0.508 e. The van der Waals surface area contributed by atoms with Crippen molar-refractivity contribution in [1.82, 2.24) is 0 Å². The average molecular weight is 463 g/mol. The summed E-state index contributed by atoms with van der Waals surface area (Å²) in [5.74, 6) is 0.849. The lowest BCUT2D eigenvalue weighted by molar-refractivity contribution is 0.150. The molecular formula is C24H20BBrO2S. The van der Waals surface area contributed by atoms with Crippen LogP contribution in [-0.2, 0) is 10.1 Å². The van der Waals surface area contributed by atoms with E-state index in [0.29, 0.717) is 5.75 Å². The van der Waals surface area contributed by atoms with Crippen molar-refractivity contribution in [2.45, 2.75) is 16.3 Å². The first-order valence-corrected chi connectivity index (χ1v) is 11.0. The molecule has 2 nitrogen and oxygen atoms in total. The molecule has 0 fully saturated rings. The third kappa shape index (κ3) is 3.56. The fraction of sp³-hybridized carbons (Fsp3) is 0.167. The van der Waals surface area contributed by atoms with Crippen molar-refractivity contribution >= 4 is 41.1 Å². The van der Waals surface area contributed by atoms with E-state index < -0.39 is 5.31 Å². The highest BCUT2D eigenvalue weighted by Crippen LogP contribution is 2.48. The van der Waals surface area contributed by atoms with Crippen molar-refractivity contribution in [3.8, 4) is 5.75 Å². The van der Waals surface area contributed by atoms with Crippen LogP contribution in [0.4, 0.5) is 0 Å². The highest BCUT2D eigenvalue weighted by molar-refractivity contribution is 9.10. The molecule has 0 bridgehead atoms. The first kappa shape index (κ1) is 20.3. The third-order valence-corrected chi connectivity index (χ3v) is 7.59. The van der Waals surface area contributed by atoms with Crippen LogP contribution in [0.1, 0.15) is 28.4 Å². The molecule has 4 rings (SSSR count). The summed E-state index contributed by atoms with van der Waals surface area (Å²) in [5, 5.41) is 8.97. The van der Waals surface area contributed by atoms with Gasteiger partial charge in [0.2, 0.25) is 0 Å². The second-order valence-corrected chi connectivity index (χ2v) is 9.02. The number of ether oxygens (including phenoxy) is 1. The fourth-order valence-electron chi connectivity index (χ4n) is 3.98. The minimum absolute atomic E-state index is 0.230. The molecular weight excluding hydrogens is 443 g/mol. The van der Waals surface area contributed by atoms with Crippen LogP contribution in [0.15, 0.2) is 82.7 Å². The van der Waals surface area contributed by atoms with E-state index in [4.69, 9.17) is 12.6 Å². The van der Waals surface area contributed by atoms with Gasteiger partial charge < -0.3 is 9.84 Å². The number of phenolic OH excluding ortho intramolecular Hbond substituents is 1. The zero-order valence-electron chi connectivity index (χ0n) is 16.1. The van der Waals surface area contributed by atoms with Gasteiger partial charge in [0.25, 0.3) is 0 Å². The van der Waals surface area contributed by atoms with E-state index in [1.54, 1.807) is 31.0 Å². The molecule has 3 aromatic carbocycles. The van der Waals surface area contributed by atoms with Gasteiger partial charge in [-0.05, 0) is 67.3 Å². The number of halogens is 1. The number of fused-ring (bicyclic) bond motifs is 2. The second-order valence-electron chi connectivity index (χ2n) is 7.15. The molecule has 1 aliphatic carbocycles. The molecule has 2 unspecified atom stereocenters. The van der Waals surface area contributed by atoms with Gasteiger partial charge in [-0.3, -0.25) is 0 Å². The van der Waals surface area contributed by atoms with Crippen molar-refractivity contribution in [2.24, 2.45) is 0 Å². The van der Waals surface area contributed by atoms with Crippen LogP contribution in [0.25, 0.3) is 5.57 Å². The van der Waals surface area contributed by atoms with Crippen molar-refractivity contribution < 1.29 is 9.84 Å². The summed E-state index contributed by atoms with van der Waals surface area (Å²) in [7, 11) is 8.92. The molecule has 29 heavy (non-hydrogen) atoms. The minimum Gasteiger partial charge on any atom is -0.508 e. The maximum absolute atomic E-state index is 9.70. The Balaban J connectivity index is 1.86. The molecule has 2 radical (unpaired) electrons. The van der Waals surface area contributed by atoms with Crippen LogP contribution in [0, 0.1) is 0 Å². The van der Waals surface area contributed by atoms with Gasteiger partial charge in [0, 0.05) is 22.2 Å². The van der Waals surface area contributed by atoms with Gasteiger partial charge in [-0.15, -0.1) is 11.8 Å². The van der Waals surface area contributed by atoms with E-state index in [2.05, 4.69) is 46.8 Å². The summed E-state index contributed by atoms with van der Waals surface area (Å²) in [4.78, 5) is 1.02. The highest BCUT2D eigenvalue weighted by Gasteiger charge is 2.38. The van der Waals surface area contributed by atoms with Crippen LogP contribution in [0.3, 0.4) is 0 Å². The van der Waals surface area contributed by atoms with Crippen LogP contribution in [-0.4, -0.2) is 25.8 Å². The Morgan fingerprint density at radius 2 is 1.79 bits per heavy atom. The molecule has 0 aromatic heterocycles. The summed E-state index contributed by atoms with van der Waals surface area (Å²) in [6.07, 6.45) is -0.247. The van der Waals surface area contributed by atoms with E-state index in [-0.39, 0.29) is 11.9 Å². The molecule has 0 amide bonds. The van der Waals surface area contributed by atoms with Crippen LogP contribution in [0.5, 0.6) is 5.75 Å². The SMILES string of the molecule is [B]C1(CSc2ccc(O)cc2Br)c2ccccc2C(=C)C(OC)c2ccccc21. The van der Waals surface area contributed by atoms with Gasteiger partial charge in [0.15, 0.2) is 0 Å². The van der Waals surface area contributed by atoms with Gasteiger partial charge in [-0.1, -0.05) is 55.1 Å². The molecule has 0 saturated heterocycles. The summed E-state index contributed by atoms with van der Waals surface area (Å²) >= 11 is 5.20. The zero-order chi connectivity index (χ0) is 20.6. The molecule has 0 spiro atoms. The van der Waals surface area contributed by atoms with Crippen LogP contribution < -0.4 is 0 Å². The molecule has 1 aliphatic rings.